The number of hydrogen-bond donors (Lipinski definition) is 0. The van der Waals surface area contributed by atoms with E-state index >= 15 is 0 Å². The molecule has 0 saturated carbocycles. The smallest absolute Gasteiger partial charge is 0.294 e. The van der Waals surface area contributed by atoms with Crippen LogP contribution in [0.15, 0.2) is 24.3 Å². The van der Waals surface area contributed by atoms with Crippen molar-refractivity contribution in [3.63, 3.8) is 0 Å². The Hall–Kier alpha value is -1.58. The summed E-state index contributed by atoms with van der Waals surface area (Å²) in [6.45, 7) is 6.50. The number of hydrogen-bond acceptors (Lipinski definition) is 3. The lowest BCUT2D eigenvalue weighted by molar-refractivity contribution is -0.763. The Balaban J connectivity index is 2.67. The van der Waals surface area contributed by atoms with Gasteiger partial charge in [-0.1, -0.05) is 45.0 Å². The minimum absolute atomic E-state index is 0.0188. The van der Waals surface area contributed by atoms with Gasteiger partial charge < -0.3 is 4.84 Å². The monoisotopic (exact) mass is 223 g/mol. The van der Waals surface area contributed by atoms with Crippen LogP contribution in [0.25, 0.3) is 0 Å². The Labute approximate surface area is 95.3 Å². The largest absolute Gasteiger partial charge is 0.309 e. The third kappa shape index (κ3) is 4.77. The second-order valence-corrected chi connectivity index (χ2v) is 5.05. The van der Waals surface area contributed by atoms with E-state index in [4.69, 9.17) is 0 Å². The summed E-state index contributed by atoms with van der Waals surface area (Å²) in [7, 11) is 0. The minimum atomic E-state index is -0.767. The van der Waals surface area contributed by atoms with Gasteiger partial charge in [-0.05, 0) is 23.0 Å². The summed E-state index contributed by atoms with van der Waals surface area (Å²) in [4.78, 5) is 14.4. The summed E-state index contributed by atoms with van der Waals surface area (Å²) >= 11 is 0. The predicted molar refractivity (Wildman–Crippen MR) is 61.4 cm³/mol. The van der Waals surface area contributed by atoms with Gasteiger partial charge in [0.05, 0.1) is 0 Å². The maximum absolute atomic E-state index is 10.1. The SMILES string of the molecule is CC(C)(C)Cc1cccc(CO[N+](=O)[O-])c1. The fourth-order valence-electron chi connectivity index (χ4n) is 1.57. The Morgan fingerprint density at radius 3 is 2.50 bits per heavy atom. The van der Waals surface area contributed by atoms with Crippen molar-refractivity contribution in [3.8, 4) is 0 Å². The number of benzene rings is 1. The standard InChI is InChI=1S/C12H17NO3/c1-12(2,3)8-10-5-4-6-11(7-10)9-16-13(14)15/h4-7H,8-9H2,1-3H3. The van der Waals surface area contributed by atoms with Crippen LogP contribution in [0.5, 0.6) is 0 Å². The molecule has 0 radical (unpaired) electrons. The van der Waals surface area contributed by atoms with Gasteiger partial charge in [0, 0.05) is 0 Å². The molecular formula is C12H17NO3. The fourth-order valence-corrected chi connectivity index (χ4v) is 1.57. The third-order valence-electron chi connectivity index (χ3n) is 2.06. The van der Waals surface area contributed by atoms with Crippen LogP contribution in [0.2, 0.25) is 0 Å². The maximum atomic E-state index is 10.1. The molecule has 0 amide bonds. The van der Waals surface area contributed by atoms with Crippen molar-refractivity contribution in [3.05, 3.63) is 45.5 Å². The van der Waals surface area contributed by atoms with Crippen LogP contribution >= 0.6 is 0 Å². The van der Waals surface area contributed by atoms with E-state index < -0.39 is 5.09 Å². The Morgan fingerprint density at radius 1 is 1.31 bits per heavy atom. The lowest BCUT2D eigenvalue weighted by atomic mass is 9.88. The molecule has 16 heavy (non-hydrogen) atoms. The third-order valence-corrected chi connectivity index (χ3v) is 2.06. The van der Waals surface area contributed by atoms with Crippen molar-refractivity contribution in [2.75, 3.05) is 0 Å². The summed E-state index contributed by atoms with van der Waals surface area (Å²) in [5, 5.41) is 9.30. The molecule has 4 heteroatoms. The second kappa shape index (κ2) is 4.96. The minimum Gasteiger partial charge on any atom is -0.309 e. The molecule has 0 heterocycles. The second-order valence-electron chi connectivity index (χ2n) is 5.05. The van der Waals surface area contributed by atoms with Crippen LogP contribution in [-0.2, 0) is 17.9 Å². The quantitative estimate of drug-likeness (QED) is 0.582. The fraction of sp³-hybridized carbons (Fsp3) is 0.500. The van der Waals surface area contributed by atoms with Crippen LogP contribution in [0.4, 0.5) is 0 Å². The number of nitrogens with zero attached hydrogens (tertiary/aromatic N) is 1. The Kier molecular flexibility index (Phi) is 3.88. The van der Waals surface area contributed by atoms with Gasteiger partial charge in [-0.2, -0.15) is 0 Å². The molecule has 1 aromatic rings. The molecule has 0 saturated heterocycles. The summed E-state index contributed by atoms with van der Waals surface area (Å²) in [5.74, 6) is 0. The van der Waals surface area contributed by atoms with Crippen molar-refractivity contribution in [2.24, 2.45) is 5.41 Å². The average Bonchev–Trinajstić information content (AvgIpc) is 2.12. The van der Waals surface area contributed by atoms with Gasteiger partial charge in [-0.15, -0.1) is 10.1 Å². The topological polar surface area (TPSA) is 52.4 Å². The highest BCUT2D eigenvalue weighted by Gasteiger charge is 2.11. The van der Waals surface area contributed by atoms with E-state index in [0.29, 0.717) is 0 Å². The highest BCUT2D eigenvalue weighted by Crippen LogP contribution is 2.21. The number of rotatable bonds is 4. The predicted octanol–water partition coefficient (Wildman–Crippen LogP) is 2.98. The van der Waals surface area contributed by atoms with Gasteiger partial charge in [0.15, 0.2) is 0 Å². The molecule has 88 valence electrons. The zero-order valence-corrected chi connectivity index (χ0v) is 9.90. The van der Waals surface area contributed by atoms with Gasteiger partial charge in [0.25, 0.3) is 5.09 Å². The zero-order chi connectivity index (χ0) is 12.2. The van der Waals surface area contributed by atoms with Gasteiger partial charge in [-0.3, -0.25) is 0 Å². The van der Waals surface area contributed by atoms with Gasteiger partial charge in [0.1, 0.15) is 6.61 Å². The molecule has 0 aliphatic rings. The van der Waals surface area contributed by atoms with E-state index in [1.807, 2.05) is 24.3 Å². The van der Waals surface area contributed by atoms with Crippen LogP contribution in [0, 0.1) is 15.5 Å². The van der Waals surface area contributed by atoms with E-state index in [9.17, 15) is 10.1 Å². The van der Waals surface area contributed by atoms with Crippen molar-refractivity contribution < 1.29 is 9.92 Å². The van der Waals surface area contributed by atoms with Gasteiger partial charge >= 0.3 is 0 Å². The summed E-state index contributed by atoms with van der Waals surface area (Å²) < 4.78 is 0. The average molecular weight is 223 g/mol. The molecule has 1 rings (SSSR count). The lowest BCUT2D eigenvalue weighted by Crippen LogP contribution is -2.09. The van der Waals surface area contributed by atoms with E-state index in [2.05, 4.69) is 25.6 Å². The molecule has 0 bridgehead atoms. The summed E-state index contributed by atoms with van der Waals surface area (Å²) in [6.07, 6.45) is 0.944. The maximum Gasteiger partial charge on any atom is 0.294 e. The molecule has 0 atom stereocenters. The van der Waals surface area contributed by atoms with Crippen molar-refractivity contribution in [1.29, 1.82) is 0 Å². The van der Waals surface area contributed by atoms with E-state index in [0.717, 1.165) is 12.0 Å². The molecule has 1 aromatic carbocycles. The molecule has 4 nitrogen and oxygen atoms in total. The summed E-state index contributed by atoms with van der Waals surface area (Å²) in [5.41, 5.74) is 2.22. The van der Waals surface area contributed by atoms with E-state index in [1.54, 1.807) is 0 Å². The van der Waals surface area contributed by atoms with Gasteiger partial charge in [0.2, 0.25) is 0 Å². The van der Waals surface area contributed by atoms with Crippen LogP contribution in [0.1, 0.15) is 31.9 Å². The summed E-state index contributed by atoms with van der Waals surface area (Å²) in [6, 6.07) is 7.71. The lowest BCUT2D eigenvalue weighted by Gasteiger charge is -2.18. The first-order valence-electron chi connectivity index (χ1n) is 5.22. The molecular weight excluding hydrogens is 206 g/mol. The van der Waals surface area contributed by atoms with Crippen LogP contribution in [0.3, 0.4) is 0 Å². The first-order chi connectivity index (χ1) is 7.37. The molecule has 0 aliphatic heterocycles. The Morgan fingerprint density at radius 2 is 1.94 bits per heavy atom. The molecule has 0 N–H and O–H groups in total. The first-order valence-corrected chi connectivity index (χ1v) is 5.22. The highest BCUT2D eigenvalue weighted by atomic mass is 16.9. The van der Waals surface area contributed by atoms with E-state index in [-0.39, 0.29) is 12.0 Å². The van der Waals surface area contributed by atoms with Crippen LogP contribution < -0.4 is 0 Å². The molecule has 0 aliphatic carbocycles. The highest BCUT2D eigenvalue weighted by molar-refractivity contribution is 5.23. The molecule has 0 spiro atoms. The van der Waals surface area contributed by atoms with Gasteiger partial charge in [-0.25, -0.2) is 0 Å². The molecule has 0 aromatic heterocycles. The molecule has 0 fully saturated rings. The Bertz CT molecular complexity index is 369. The first kappa shape index (κ1) is 12.5. The van der Waals surface area contributed by atoms with Crippen molar-refractivity contribution in [1.82, 2.24) is 0 Å². The van der Waals surface area contributed by atoms with Crippen molar-refractivity contribution >= 4 is 0 Å². The zero-order valence-electron chi connectivity index (χ0n) is 9.90. The normalized spacial score (nSPS) is 11.2. The molecule has 0 unspecified atom stereocenters. The van der Waals surface area contributed by atoms with Crippen LogP contribution in [-0.4, -0.2) is 5.09 Å². The van der Waals surface area contributed by atoms with E-state index in [1.165, 1.54) is 5.56 Å². The van der Waals surface area contributed by atoms with Crippen molar-refractivity contribution in [2.45, 2.75) is 33.8 Å².